The number of aromatic nitrogens is 1. The first-order chi connectivity index (χ1) is 12.5. The van der Waals surface area contributed by atoms with Crippen molar-refractivity contribution in [2.75, 3.05) is 7.11 Å². The number of aryl methyl sites for hydroxylation is 2. The molecule has 3 rings (SSSR count). The summed E-state index contributed by atoms with van der Waals surface area (Å²) in [6.45, 7) is 5.02. The van der Waals surface area contributed by atoms with Crippen molar-refractivity contribution in [2.24, 2.45) is 0 Å². The Morgan fingerprint density at radius 3 is 2.54 bits per heavy atom. The van der Waals surface area contributed by atoms with Crippen LogP contribution >= 0.6 is 0 Å². The van der Waals surface area contributed by atoms with E-state index in [4.69, 9.17) is 4.74 Å². The fourth-order valence-electron chi connectivity index (χ4n) is 2.91. The molecule has 134 valence electrons. The van der Waals surface area contributed by atoms with Crippen LogP contribution in [0.2, 0.25) is 0 Å². The van der Waals surface area contributed by atoms with E-state index in [0.717, 1.165) is 16.6 Å². The Kier molecular flexibility index (Phi) is 5.07. The van der Waals surface area contributed by atoms with Gasteiger partial charge in [0.25, 0.3) is 5.91 Å². The third-order valence-corrected chi connectivity index (χ3v) is 4.45. The molecule has 5 nitrogen and oxygen atoms in total. The Labute approximate surface area is 152 Å². The number of ether oxygens (including phenoxy) is 1. The fraction of sp³-hybridized carbons (Fsp3) is 0.238. The molecule has 1 aromatic heterocycles. The van der Waals surface area contributed by atoms with E-state index < -0.39 is 0 Å². The summed E-state index contributed by atoms with van der Waals surface area (Å²) in [4.78, 5) is 25.4. The molecule has 5 heteroatoms. The van der Waals surface area contributed by atoms with Gasteiger partial charge in [-0.3, -0.25) is 9.59 Å². The third-order valence-electron chi connectivity index (χ3n) is 4.45. The van der Waals surface area contributed by atoms with Crippen LogP contribution in [0.4, 0.5) is 0 Å². The van der Waals surface area contributed by atoms with Crippen molar-refractivity contribution in [2.45, 2.75) is 26.9 Å². The van der Waals surface area contributed by atoms with Gasteiger partial charge in [0.1, 0.15) is 11.3 Å². The second-order valence-corrected chi connectivity index (χ2v) is 6.21. The summed E-state index contributed by atoms with van der Waals surface area (Å²) in [5.41, 5.74) is 2.79. The van der Waals surface area contributed by atoms with Gasteiger partial charge >= 0.3 is 0 Å². The van der Waals surface area contributed by atoms with Gasteiger partial charge in [-0.2, -0.15) is 0 Å². The lowest BCUT2D eigenvalue weighted by Gasteiger charge is -2.13. The Morgan fingerprint density at radius 2 is 1.88 bits per heavy atom. The van der Waals surface area contributed by atoms with Gasteiger partial charge in [0, 0.05) is 19.3 Å². The van der Waals surface area contributed by atoms with E-state index in [1.54, 1.807) is 19.4 Å². The van der Waals surface area contributed by atoms with Gasteiger partial charge in [-0.1, -0.05) is 29.8 Å². The number of amides is 1. The molecule has 3 aromatic rings. The van der Waals surface area contributed by atoms with Gasteiger partial charge in [-0.05, 0) is 37.6 Å². The molecular weight excluding hydrogens is 328 g/mol. The van der Waals surface area contributed by atoms with Crippen molar-refractivity contribution in [3.63, 3.8) is 0 Å². The van der Waals surface area contributed by atoms with Gasteiger partial charge in [0.15, 0.2) is 0 Å². The number of hydrogen-bond donors (Lipinski definition) is 1. The maximum atomic E-state index is 12.8. The molecule has 1 heterocycles. The molecule has 2 aromatic carbocycles. The van der Waals surface area contributed by atoms with Gasteiger partial charge in [0.05, 0.1) is 18.0 Å². The predicted molar refractivity (Wildman–Crippen MR) is 103 cm³/mol. The van der Waals surface area contributed by atoms with Crippen LogP contribution in [0.25, 0.3) is 10.9 Å². The third kappa shape index (κ3) is 3.47. The first-order valence-corrected chi connectivity index (χ1v) is 8.58. The maximum Gasteiger partial charge on any atom is 0.257 e. The van der Waals surface area contributed by atoms with Crippen LogP contribution in [0, 0.1) is 6.92 Å². The lowest BCUT2D eigenvalue weighted by molar-refractivity contribution is 0.0949. The van der Waals surface area contributed by atoms with E-state index in [2.05, 4.69) is 5.32 Å². The molecule has 26 heavy (non-hydrogen) atoms. The second kappa shape index (κ2) is 7.44. The van der Waals surface area contributed by atoms with E-state index in [1.807, 2.05) is 54.8 Å². The Bertz CT molecular complexity index is 1000. The van der Waals surface area contributed by atoms with Gasteiger partial charge in [-0.15, -0.1) is 0 Å². The van der Waals surface area contributed by atoms with E-state index in [0.29, 0.717) is 24.2 Å². The number of hydrogen-bond acceptors (Lipinski definition) is 3. The van der Waals surface area contributed by atoms with Gasteiger partial charge in [0.2, 0.25) is 5.43 Å². The number of nitrogens with one attached hydrogen (secondary N) is 1. The van der Waals surface area contributed by atoms with Crippen molar-refractivity contribution >= 4 is 16.8 Å². The minimum Gasteiger partial charge on any atom is -0.497 e. The molecule has 0 radical (unpaired) electrons. The number of fused-ring (bicyclic) bond motifs is 1. The molecule has 0 aliphatic carbocycles. The molecule has 0 aliphatic rings. The van der Waals surface area contributed by atoms with Crippen molar-refractivity contribution in [3.05, 3.63) is 75.6 Å². The summed E-state index contributed by atoms with van der Waals surface area (Å²) in [5, 5.41) is 3.32. The molecule has 0 saturated carbocycles. The van der Waals surface area contributed by atoms with Crippen LogP contribution in [0.15, 0.2) is 53.5 Å². The molecular formula is C21H22N2O3. The Hall–Kier alpha value is -3.08. The molecule has 0 spiro atoms. The van der Waals surface area contributed by atoms with E-state index in [9.17, 15) is 9.59 Å². The van der Waals surface area contributed by atoms with Crippen molar-refractivity contribution in [1.29, 1.82) is 0 Å². The Morgan fingerprint density at radius 1 is 1.15 bits per heavy atom. The monoisotopic (exact) mass is 350 g/mol. The van der Waals surface area contributed by atoms with E-state index in [1.165, 1.54) is 0 Å². The number of carbonyl (C=O) groups excluding carboxylic acids is 1. The summed E-state index contributed by atoms with van der Waals surface area (Å²) < 4.78 is 7.12. The fourth-order valence-corrected chi connectivity index (χ4v) is 2.91. The van der Waals surface area contributed by atoms with Crippen LogP contribution < -0.4 is 15.5 Å². The summed E-state index contributed by atoms with van der Waals surface area (Å²) in [6, 6.07) is 13.2. The van der Waals surface area contributed by atoms with Crippen LogP contribution in [-0.2, 0) is 13.1 Å². The zero-order chi connectivity index (χ0) is 18.7. The van der Waals surface area contributed by atoms with Crippen molar-refractivity contribution in [1.82, 2.24) is 9.88 Å². The highest BCUT2D eigenvalue weighted by Gasteiger charge is 2.15. The average molecular weight is 350 g/mol. The zero-order valence-corrected chi connectivity index (χ0v) is 15.2. The number of rotatable bonds is 5. The first kappa shape index (κ1) is 17.7. The standard InChI is InChI=1S/C21H22N2O3/c1-4-23-13-18(20(24)17-11-16(26-3)9-10-19(17)23)21(25)22-12-15-7-5-14(2)6-8-15/h5-11,13H,4,12H2,1-3H3,(H,22,25). The largest absolute Gasteiger partial charge is 0.497 e. The quantitative estimate of drug-likeness (QED) is 0.768. The number of methoxy groups -OCH3 is 1. The highest BCUT2D eigenvalue weighted by Crippen LogP contribution is 2.19. The normalized spacial score (nSPS) is 10.7. The number of nitrogens with zero attached hydrogens (tertiary/aromatic N) is 1. The number of pyridine rings is 1. The predicted octanol–water partition coefficient (Wildman–Crippen LogP) is 3.27. The van der Waals surface area contributed by atoms with Crippen LogP contribution in [0.3, 0.4) is 0 Å². The second-order valence-electron chi connectivity index (χ2n) is 6.21. The van der Waals surface area contributed by atoms with E-state index >= 15 is 0 Å². The lowest BCUT2D eigenvalue weighted by atomic mass is 10.1. The SMILES string of the molecule is CCn1cc(C(=O)NCc2ccc(C)cc2)c(=O)c2cc(OC)ccc21. The molecule has 1 amide bonds. The highest BCUT2D eigenvalue weighted by atomic mass is 16.5. The summed E-state index contributed by atoms with van der Waals surface area (Å²) in [5.74, 6) is 0.219. The summed E-state index contributed by atoms with van der Waals surface area (Å²) in [7, 11) is 1.55. The van der Waals surface area contributed by atoms with Crippen LogP contribution in [0.1, 0.15) is 28.4 Å². The average Bonchev–Trinajstić information content (AvgIpc) is 2.67. The molecule has 0 fully saturated rings. The van der Waals surface area contributed by atoms with Crippen LogP contribution in [-0.4, -0.2) is 17.6 Å². The van der Waals surface area contributed by atoms with Crippen molar-refractivity contribution in [3.8, 4) is 5.75 Å². The molecule has 1 N–H and O–H groups in total. The summed E-state index contributed by atoms with van der Waals surface area (Å²) in [6.07, 6.45) is 1.63. The lowest BCUT2D eigenvalue weighted by Crippen LogP contribution is -2.29. The minimum absolute atomic E-state index is 0.139. The molecule has 0 saturated heterocycles. The highest BCUT2D eigenvalue weighted by molar-refractivity contribution is 5.97. The molecule has 0 unspecified atom stereocenters. The Balaban J connectivity index is 1.95. The minimum atomic E-state index is -0.373. The number of benzene rings is 2. The molecule has 0 atom stereocenters. The maximum absolute atomic E-state index is 12.8. The molecule has 0 aliphatic heterocycles. The smallest absolute Gasteiger partial charge is 0.257 e. The molecule has 0 bridgehead atoms. The van der Waals surface area contributed by atoms with Crippen LogP contribution in [0.5, 0.6) is 5.75 Å². The topological polar surface area (TPSA) is 60.3 Å². The zero-order valence-electron chi connectivity index (χ0n) is 15.2. The van der Waals surface area contributed by atoms with Gasteiger partial charge < -0.3 is 14.6 Å². The van der Waals surface area contributed by atoms with Crippen molar-refractivity contribution < 1.29 is 9.53 Å². The first-order valence-electron chi connectivity index (χ1n) is 8.58. The van der Waals surface area contributed by atoms with E-state index in [-0.39, 0.29) is 16.9 Å². The number of carbonyl (C=O) groups is 1. The summed E-state index contributed by atoms with van der Waals surface area (Å²) >= 11 is 0. The van der Waals surface area contributed by atoms with Gasteiger partial charge in [-0.25, -0.2) is 0 Å².